The Hall–Kier alpha value is -1.68. The van der Waals surface area contributed by atoms with Crippen molar-refractivity contribution < 1.29 is 13.3 Å². The van der Waals surface area contributed by atoms with Gasteiger partial charge in [0.2, 0.25) is 0 Å². The minimum Gasteiger partial charge on any atom is -0.494 e. The van der Waals surface area contributed by atoms with E-state index in [4.69, 9.17) is 4.74 Å². The first kappa shape index (κ1) is 15.7. The van der Waals surface area contributed by atoms with E-state index in [-0.39, 0.29) is 11.1 Å². The fourth-order valence-corrected chi connectivity index (χ4v) is 3.41. The van der Waals surface area contributed by atoms with Gasteiger partial charge in [0, 0.05) is 21.9 Å². The van der Waals surface area contributed by atoms with Gasteiger partial charge in [0.15, 0.2) is 0 Å². The van der Waals surface area contributed by atoms with Crippen molar-refractivity contribution >= 4 is 10.8 Å². The second kappa shape index (κ2) is 7.36. The van der Waals surface area contributed by atoms with Gasteiger partial charge < -0.3 is 4.74 Å². The van der Waals surface area contributed by atoms with Crippen molar-refractivity contribution in [3.05, 3.63) is 65.5 Å². The van der Waals surface area contributed by atoms with Crippen LogP contribution in [0.5, 0.6) is 5.75 Å². The minimum absolute atomic E-state index is 0.309. The quantitative estimate of drug-likeness (QED) is 0.798. The minimum atomic E-state index is -1.21. The Labute approximate surface area is 127 Å². The summed E-state index contributed by atoms with van der Waals surface area (Å²) < 4.78 is 31.8. The molecule has 2 aromatic rings. The molecular weight excluding hydrogens is 287 g/mol. The van der Waals surface area contributed by atoms with Gasteiger partial charge in [-0.1, -0.05) is 36.4 Å². The van der Waals surface area contributed by atoms with E-state index in [0.29, 0.717) is 17.9 Å². The lowest BCUT2D eigenvalue weighted by Gasteiger charge is -2.15. The smallest absolute Gasteiger partial charge is 0.127 e. The molecule has 0 fully saturated rings. The number of hydrogen-bond acceptors (Lipinski definition) is 2. The van der Waals surface area contributed by atoms with E-state index < -0.39 is 10.8 Å². The van der Waals surface area contributed by atoms with Gasteiger partial charge in [-0.2, -0.15) is 0 Å². The van der Waals surface area contributed by atoms with Crippen LogP contribution >= 0.6 is 0 Å². The summed E-state index contributed by atoms with van der Waals surface area (Å²) in [6.45, 7) is 4.26. The van der Waals surface area contributed by atoms with Crippen LogP contribution in [0.25, 0.3) is 0 Å². The first-order valence-electron chi connectivity index (χ1n) is 6.95. The third-order valence-corrected chi connectivity index (χ3v) is 4.95. The Bertz CT molecular complexity index is 628. The maximum absolute atomic E-state index is 13.8. The van der Waals surface area contributed by atoms with Gasteiger partial charge >= 0.3 is 0 Å². The molecule has 0 spiro atoms. The molecule has 0 N–H and O–H groups in total. The van der Waals surface area contributed by atoms with Crippen LogP contribution in [-0.4, -0.2) is 10.8 Å². The molecule has 0 aliphatic rings. The second-order valence-corrected chi connectivity index (χ2v) is 6.49. The molecular formula is C17H19FO2S. The Morgan fingerprint density at radius 3 is 2.52 bits per heavy atom. The van der Waals surface area contributed by atoms with Gasteiger partial charge in [-0.3, -0.25) is 4.21 Å². The fraction of sp³-hybridized carbons (Fsp3) is 0.294. The van der Waals surface area contributed by atoms with Crippen molar-refractivity contribution in [2.24, 2.45) is 0 Å². The van der Waals surface area contributed by atoms with Gasteiger partial charge in [-0.15, -0.1) is 0 Å². The van der Waals surface area contributed by atoms with Crippen molar-refractivity contribution in [3.63, 3.8) is 0 Å². The maximum atomic E-state index is 13.8. The molecule has 2 atom stereocenters. The third kappa shape index (κ3) is 3.91. The van der Waals surface area contributed by atoms with E-state index in [1.807, 2.05) is 31.2 Å². The summed E-state index contributed by atoms with van der Waals surface area (Å²) in [7, 11) is -1.21. The largest absolute Gasteiger partial charge is 0.494 e. The van der Waals surface area contributed by atoms with Gasteiger partial charge in [0.1, 0.15) is 11.6 Å². The van der Waals surface area contributed by atoms with E-state index >= 15 is 0 Å². The Kier molecular flexibility index (Phi) is 5.51. The topological polar surface area (TPSA) is 26.3 Å². The Morgan fingerprint density at radius 1 is 1.14 bits per heavy atom. The number of ether oxygens (including phenoxy) is 1. The first-order valence-corrected chi connectivity index (χ1v) is 8.34. The molecule has 112 valence electrons. The lowest BCUT2D eigenvalue weighted by atomic mass is 10.1. The SMILES string of the molecule is CCOc1ccccc1C[S@@](=O)[C@@H](C)c1ccccc1F. The zero-order valence-electron chi connectivity index (χ0n) is 12.2. The molecule has 0 aliphatic carbocycles. The molecule has 0 aromatic heterocycles. The zero-order chi connectivity index (χ0) is 15.2. The number of para-hydroxylation sites is 1. The summed E-state index contributed by atoms with van der Waals surface area (Å²) >= 11 is 0. The molecule has 0 radical (unpaired) electrons. The average Bonchev–Trinajstić information content (AvgIpc) is 2.49. The average molecular weight is 306 g/mol. The van der Waals surface area contributed by atoms with Crippen molar-refractivity contribution in [1.82, 2.24) is 0 Å². The van der Waals surface area contributed by atoms with Crippen LogP contribution in [0.2, 0.25) is 0 Å². The molecule has 0 aliphatic heterocycles. The zero-order valence-corrected chi connectivity index (χ0v) is 13.0. The molecule has 21 heavy (non-hydrogen) atoms. The van der Waals surface area contributed by atoms with Gasteiger partial charge in [0.05, 0.1) is 17.6 Å². The van der Waals surface area contributed by atoms with Crippen LogP contribution in [-0.2, 0) is 16.6 Å². The molecule has 2 aromatic carbocycles. The Morgan fingerprint density at radius 2 is 1.81 bits per heavy atom. The molecule has 0 heterocycles. The van der Waals surface area contributed by atoms with Crippen LogP contribution in [0.1, 0.15) is 30.2 Å². The molecule has 2 nitrogen and oxygen atoms in total. The molecule has 0 saturated heterocycles. The summed E-state index contributed by atoms with van der Waals surface area (Å²) in [5.74, 6) is 0.789. The molecule has 4 heteroatoms. The van der Waals surface area contributed by atoms with Crippen LogP contribution in [0.4, 0.5) is 4.39 Å². The number of halogens is 1. The van der Waals surface area contributed by atoms with E-state index in [9.17, 15) is 8.60 Å². The highest BCUT2D eigenvalue weighted by Crippen LogP contribution is 2.27. The molecule has 0 saturated carbocycles. The standard InChI is InChI=1S/C17H19FO2S/c1-3-20-17-11-7-4-8-14(17)12-21(19)13(2)15-9-5-6-10-16(15)18/h4-11,13H,3,12H2,1-2H3/t13-,21+/m0/s1. The molecule has 0 bridgehead atoms. The highest BCUT2D eigenvalue weighted by Gasteiger charge is 2.18. The third-order valence-electron chi connectivity index (χ3n) is 3.31. The predicted octanol–water partition coefficient (Wildman–Crippen LogP) is 4.23. The maximum Gasteiger partial charge on any atom is 0.127 e. The number of hydrogen-bond donors (Lipinski definition) is 0. The van der Waals surface area contributed by atoms with Crippen LogP contribution in [0.15, 0.2) is 48.5 Å². The van der Waals surface area contributed by atoms with E-state index in [0.717, 1.165) is 11.3 Å². The predicted molar refractivity (Wildman–Crippen MR) is 84.3 cm³/mol. The second-order valence-electron chi connectivity index (χ2n) is 4.73. The number of rotatable bonds is 6. The summed E-state index contributed by atoms with van der Waals surface area (Å²) in [4.78, 5) is 0. The summed E-state index contributed by atoms with van der Waals surface area (Å²) in [5, 5.41) is -0.360. The number of benzene rings is 2. The van der Waals surface area contributed by atoms with E-state index in [1.54, 1.807) is 25.1 Å². The monoisotopic (exact) mass is 306 g/mol. The van der Waals surface area contributed by atoms with E-state index in [2.05, 4.69) is 0 Å². The molecule has 2 rings (SSSR count). The summed E-state index contributed by atoms with van der Waals surface area (Å²) in [5.41, 5.74) is 1.38. The highest BCUT2D eigenvalue weighted by molar-refractivity contribution is 7.84. The van der Waals surface area contributed by atoms with Gasteiger partial charge in [-0.05, 0) is 26.0 Å². The molecule has 0 unspecified atom stereocenters. The first-order chi connectivity index (χ1) is 10.1. The van der Waals surface area contributed by atoms with Crippen LogP contribution in [0, 0.1) is 5.82 Å². The molecule has 0 amide bonds. The fourth-order valence-electron chi connectivity index (χ4n) is 2.14. The Balaban J connectivity index is 2.17. The highest BCUT2D eigenvalue weighted by atomic mass is 32.2. The normalized spacial score (nSPS) is 13.7. The van der Waals surface area contributed by atoms with Crippen molar-refractivity contribution in [2.45, 2.75) is 24.9 Å². The van der Waals surface area contributed by atoms with Crippen molar-refractivity contribution in [1.29, 1.82) is 0 Å². The van der Waals surface area contributed by atoms with Gasteiger partial charge in [0.25, 0.3) is 0 Å². The summed E-state index contributed by atoms with van der Waals surface area (Å²) in [6.07, 6.45) is 0. The van der Waals surface area contributed by atoms with Crippen LogP contribution in [0.3, 0.4) is 0 Å². The summed E-state index contributed by atoms with van der Waals surface area (Å²) in [6, 6.07) is 14.0. The lowest BCUT2D eigenvalue weighted by Crippen LogP contribution is -2.08. The van der Waals surface area contributed by atoms with E-state index in [1.165, 1.54) is 6.07 Å². The van der Waals surface area contributed by atoms with Crippen molar-refractivity contribution in [2.75, 3.05) is 6.61 Å². The van der Waals surface area contributed by atoms with Crippen molar-refractivity contribution in [3.8, 4) is 5.75 Å². The van der Waals surface area contributed by atoms with Gasteiger partial charge in [-0.25, -0.2) is 4.39 Å². The lowest BCUT2D eigenvalue weighted by molar-refractivity contribution is 0.337. The van der Waals surface area contributed by atoms with Crippen LogP contribution < -0.4 is 4.74 Å².